The van der Waals surface area contributed by atoms with Gasteiger partial charge in [-0.1, -0.05) is 23.7 Å². The summed E-state index contributed by atoms with van der Waals surface area (Å²) in [5, 5.41) is 10.0. The van der Waals surface area contributed by atoms with Gasteiger partial charge in [-0.15, -0.1) is 0 Å². The lowest BCUT2D eigenvalue weighted by Gasteiger charge is -2.26. The third-order valence-electron chi connectivity index (χ3n) is 3.55. The van der Waals surface area contributed by atoms with Crippen molar-refractivity contribution in [3.05, 3.63) is 57.6 Å². The second-order valence-corrected chi connectivity index (χ2v) is 5.51. The quantitative estimate of drug-likeness (QED) is 0.649. The lowest BCUT2D eigenvalue weighted by Crippen LogP contribution is -2.26. The van der Waals surface area contributed by atoms with E-state index >= 15 is 0 Å². The summed E-state index contributed by atoms with van der Waals surface area (Å²) >= 11 is 5.92. The van der Waals surface area contributed by atoms with Crippen LogP contribution in [-0.4, -0.2) is 26.3 Å². The molecule has 0 aliphatic carbocycles. The summed E-state index contributed by atoms with van der Waals surface area (Å²) in [6.45, 7) is 1.98. The van der Waals surface area contributed by atoms with Crippen molar-refractivity contribution in [1.82, 2.24) is 0 Å². The predicted molar refractivity (Wildman–Crippen MR) is 87.6 cm³/mol. The fourth-order valence-corrected chi connectivity index (χ4v) is 2.56. The van der Waals surface area contributed by atoms with Gasteiger partial charge in [0.1, 0.15) is 24.0 Å². The van der Waals surface area contributed by atoms with Gasteiger partial charge in [0, 0.05) is 12.1 Å². The number of esters is 1. The Kier molecular flexibility index (Phi) is 5.85. The molecule has 0 bridgehead atoms. The Balaban J connectivity index is 2.45. The van der Waals surface area contributed by atoms with Crippen molar-refractivity contribution in [3.8, 4) is 6.07 Å². The Morgan fingerprint density at radius 2 is 2.04 bits per heavy atom. The molecule has 0 saturated carbocycles. The molecule has 7 heteroatoms. The molecule has 1 unspecified atom stereocenters. The first-order valence-electron chi connectivity index (χ1n) is 7.19. The van der Waals surface area contributed by atoms with Gasteiger partial charge in [0.05, 0.1) is 18.1 Å². The number of hydrogen-bond donors (Lipinski definition) is 1. The number of halogens is 1. The minimum absolute atomic E-state index is 0.0246. The molecule has 0 spiro atoms. The van der Waals surface area contributed by atoms with Crippen molar-refractivity contribution in [2.75, 3.05) is 20.3 Å². The number of carbonyl (C=O) groups excluding carboxylic acids is 1. The van der Waals surface area contributed by atoms with E-state index in [4.69, 9.17) is 31.5 Å². The average molecular weight is 349 g/mol. The average Bonchev–Trinajstić information content (AvgIpc) is 2.55. The third kappa shape index (κ3) is 3.70. The number of rotatable bonds is 5. The Morgan fingerprint density at radius 1 is 1.38 bits per heavy atom. The van der Waals surface area contributed by atoms with Crippen LogP contribution in [0.3, 0.4) is 0 Å². The van der Waals surface area contributed by atoms with Crippen LogP contribution in [0.2, 0.25) is 5.02 Å². The van der Waals surface area contributed by atoms with Gasteiger partial charge in [-0.2, -0.15) is 5.26 Å². The van der Waals surface area contributed by atoms with E-state index < -0.39 is 11.9 Å². The molecule has 6 nitrogen and oxygen atoms in total. The topological polar surface area (TPSA) is 94.6 Å². The van der Waals surface area contributed by atoms with Crippen LogP contribution >= 0.6 is 11.6 Å². The van der Waals surface area contributed by atoms with Crippen LogP contribution in [0, 0.1) is 11.3 Å². The van der Waals surface area contributed by atoms with Crippen LogP contribution in [0.15, 0.2) is 47.1 Å². The monoisotopic (exact) mass is 348 g/mol. The van der Waals surface area contributed by atoms with Crippen molar-refractivity contribution >= 4 is 17.6 Å². The molecule has 1 aliphatic rings. The molecule has 2 N–H and O–H groups in total. The van der Waals surface area contributed by atoms with E-state index in [1.165, 1.54) is 7.11 Å². The van der Waals surface area contributed by atoms with Crippen LogP contribution in [0.4, 0.5) is 0 Å². The number of hydrogen-bond acceptors (Lipinski definition) is 6. The summed E-state index contributed by atoms with van der Waals surface area (Å²) in [5.41, 5.74) is 6.91. The molecule has 0 saturated heterocycles. The molecule has 0 amide bonds. The van der Waals surface area contributed by atoms with Crippen molar-refractivity contribution in [1.29, 1.82) is 5.26 Å². The lowest BCUT2D eigenvalue weighted by atomic mass is 9.83. The predicted octanol–water partition coefficient (Wildman–Crippen LogP) is 2.61. The van der Waals surface area contributed by atoms with Crippen LogP contribution in [0.25, 0.3) is 0 Å². The Bertz CT molecular complexity index is 732. The smallest absolute Gasteiger partial charge is 0.338 e. The number of methoxy groups -OCH3 is 1. The van der Waals surface area contributed by atoms with E-state index in [-0.39, 0.29) is 30.2 Å². The van der Waals surface area contributed by atoms with Crippen molar-refractivity contribution in [2.45, 2.75) is 12.8 Å². The molecule has 1 aromatic rings. The first-order chi connectivity index (χ1) is 11.5. The maximum Gasteiger partial charge on any atom is 0.338 e. The number of carbonyl (C=O) groups is 1. The molecule has 0 radical (unpaired) electrons. The van der Waals surface area contributed by atoms with Gasteiger partial charge >= 0.3 is 5.97 Å². The lowest BCUT2D eigenvalue weighted by molar-refractivity contribution is -0.140. The zero-order valence-corrected chi connectivity index (χ0v) is 14.1. The maximum absolute atomic E-state index is 12.5. The third-order valence-corrected chi connectivity index (χ3v) is 3.80. The first kappa shape index (κ1) is 17.9. The number of benzene rings is 1. The highest BCUT2D eigenvalue weighted by Gasteiger charge is 2.36. The van der Waals surface area contributed by atoms with Crippen LogP contribution in [0.1, 0.15) is 18.4 Å². The van der Waals surface area contributed by atoms with Gasteiger partial charge in [-0.3, -0.25) is 0 Å². The van der Waals surface area contributed by atoms with Crippen molar-refractivity contribution < 1.29 is 19.0 Å². The first-order valence-corrected chi connectivity index (χ1v) is 7.57. The number of allylic oxidation sites excluding steroid dienone is 2. The van der Waals surface area contributed by atoms with E-state index in [1.807, 2.05) is 6.07 Å². The molecule has 126 valence electrons. The fourth-order valence-electron chi connectivity index (χ4n) is 2.43. The number of nitrogens with zero attached hydrogens (tertiary/aromatic N) is 1. The Labute approximate surface area is 145 Å². The zero-order chi connectivity index (χ0) is 17.7. The second-order valence-electron chi connectivity index (χ2n) is 5.07. The number of nitriles is 1. The highest BCUT2D eigenvalue weighted by atomic mass is 35.5. The van der Waals surface area contributed by atoms with E-state index in [2.05, 4.69) is 0 Å². The van der Waals surface area contributed by atoms with Gasteiger partial charge in [0.15, 0.2) is 0 Å². The minimum atomic E-state index is -0.670. The zero-order valence-electron chi connectivity index (χ0n) is 13.3. The largest absolute Gasteiger partial charge is 0.460 e. The number of nitrogens with two attached hydrogens (primary N) is 1. The highest BCUT2D eigenvalue weighted by Crippen LogP contribution is 2.39. The van der Waals surface area contributed by atoms with Crippen molar-refractivity contribution in [3.63, 3.8) is 0 Å². The maximum atomic E-state index is 12.5. The molecule has 1 heterocycles. The molecule has 24 heavy (non-hydrogen) atoms. The van der Waals surface area contributed by atoms with E-state index in [1.54, 1.807) is 31.2 Å². The molecule has 1 atom stereocenters. The van der Waals surface area contributed by atoms with Gasteiger partial charge in [0.25, 0.3) is 0 Å². The van der Waals surface area contributed by atoms with Crippen molar-refractivity contribution in [2.24, 2.45) is 5.73 Å². The SMILES string of the molecule is COCCOC(=O)C1=C(C)OC(N)=C(C#N)C1c1ccc(Cl)cc1. The Hall–Kier alpha value is -2.49. The summed E-state index contributed by atoms with van der Waals surface area (Å²) in [6.07, 6.45) is 0. The standard InChI is InChI=1S/C17H17ClN2O4/c1-10-14(17(21)23-8-7-22-2)15(13(9-19)16(20)24-10)11-3-5-12(18)6-4-11/h3-6,15H,7-8,20H2,1-2H3. The van der Waals surface area contributed by atoms with E-state index in [0.29, 0.717) is 16.3 Å². The summed E-state index contributed by atoms with van der Waals surface area (Å²) in [7, 11) is 1.51. The van der Waals surface area contributed by atoms with Crippen LogP contribution < -0.4 is 5.73 Å². The number of ether oxygens (including phenoxy) is 3. The molecular formula is C17H17ClN2O4. The highest BCUT2D eigenvalue weighted by molar-refractivity contribution is 6.30. The van der Waals surface area contributed by atoms with E-state index in [0.717, 1.165) is 0 Å². The van der Waals surface area contributed by atoms with Crippen LogP contribution in [-0.2, 0) is 19.0 Å². The van der Waals surface area contributed by atoms with Crippen LogP contribution in [0.5, 0.6) is 0 Å². The fraction of sp³-hybridized carbons (Fsp3) is 0.294. The normalized spacial score (nSPS) is 17.3. The molecule has 0 aromatic heterocycles. The molecule has 1 aliphatic heterocycles. The summed E-state index contributed by atoms with van der Waals surface area (Å²) in [5.74, 6) is -0.974. The minimum Gasteiger partial charge on any atom is -0.460 e. The summed E-state index contributed by atoms with van der Waals surface area (Å²) in [4.78, 5) is 12.5. The summed E-state index contributed by atoms with van der Waals surface area (Å²) < 4.78 is 15.4. The molecule has 2 rings (SSSR count). The second kappa shape index (κ2) is 7.86. The van der Waals surface area contributed by atoms with Gasteiger partial charge in [-0.05, 0) is 24.6 Å². The van der Waals surface area contributed by atoms with Gasteiger partial charge in [0.2, 0.25) is 5.88 Å². The molecule has 1 aromatic carbocycles. The molecular weight excluding hydrogens is 332 g/mol. The van der Waals surface area contributed by atoms with Gasteiger partial charge < -0.3 is 19.9 Å². The van der Waals surface area contributed by atoms with E-state index in [9.17, 15) is 10.1 Å². The Morgan fingerprint density at radius 3 is 2.62 bits per heavy atom. The van der Waals surface area contributed by atoms with Gasteiger partial charge in [-0.25, -0.2) is 4.79 Å². The summed E-state index contributed by atoms with van der Waals surface area (Å²) in [6, 6.07) is 8.85. The molecule has 0 fully saturated rings.